The summed E-state index contributed by atoms with van der Waals surface area (Å²) in [5.41, 5.74) is 2.88. The van der Waals surface area contributed by atoms with Crippen LogP contribution in [0.2, 0.25) is 0 Å². The van der Waals surface area contributed by atoms with Crippen LogP contribution in [-0.2, 0) is 4.74 Å². The van der Waals surface area contributed by atoms with Crippen molar-refractivity contribution in [3.63, 3.8) is 0 Å². The maximum atomic E-state index is 7.62. The molecule has 3 rings (SSSR count). The van der Waals surface area contributed by atoms with Gasteiger partial charge < -0.3 is 14.2 Å². The van der Waals surface area contributed by atoms with Gasteiger partial charge in [-0.15, -0.1) is 0 Å². The molecule has 1 aliphatic rings. The van der Waals surface area contributed by atoms with E-state index < -0.39 is 0 Å². The second-order valence-corrected chi connectivity index (χ2v) is 4.47. The molecule has 1 heterocycles. The molecule has 1 aliphatic heterocycles. The van der Waals surface area contributed by atoms with Gasteiger partial charge in [0.1, 0.15) is 13.2 Å². The molecule has 0 unspecified atom stereocenters. The number of hydrogen-bond acceptors (Lipinski definition) is 4. The molecule has 2 aromatic carbocycles. The minimum Gasteiger partial charge on any atom is -0.486 e. The zero-order valence-corrected chi connectivity index (χ0v) is 11.2. The van der Waals surface area contributed by atoms with Crippen LogP contribution in [-0.4, -0.2) is 26.2 Å². The Balaban J connectivity index is 1.91. The fourth-order valence-electron chi connectivity index (χ4n) is 2.15. The predicted octanol–water partition coefficient (Wildman–Crippen LogP) is 3.10. The third kappa shape index (κ3) is 2.32. The first-order valence-electron chi connectivity index (χ1n) is 6.41. The molecule has 1 N–H and O–H groups in total. The van der Waals surface area contributed by atoms with E-state index in [0.717, 1.165) is 28.2 Å². The molecule has 0 fully saturated rings. The van der Waals surface area contributed by atoms with Crippen molar-refractivity contribution in [1.82, 2.24) is 0 Å². The molecule has 0 atom stereocenters. The van der Waals surface area contributed by atoms with Gasteiger partial charge in [0.15, 0.2) is 11.5 Å². The van der Waals surface area contributed by atoms with Crippen LogP contribution in [0, 0.1) is 5.41 Å². The van der Waals surface area contributed by atoms with Gasteiger partial charge in [0.05, 0.1) is 7.11 Å². The Morgan fingerprint density at radius 1 is 0.950 bits per heavy atom. The first-order valence-corrected chi connectivity index (χ1v) is 6.41. The summed E-state index contributed by atoms with van der Waals surface area (Å²) in [5, 5.41) is 7.62. The molecule has 0 radical (unpaired) electrons. The van der Waals surface area contributed by atoms with Crippen molar-refractivity contribution in [2.24, 2.45) is 0 Å². The van der Waals surface area contributed by atoms with Crippen molar-refractivity contribution in [3.8, 4) is 22.6 Å². The van der Waals surface area contributed by atoms with Gasteiger partial charge >= 0.3 is 0 Å². The Bertz CT molecular complexity index is 635. The number of nitrogens with one attached hydrogen (secondary N) is 1. The fraction of sp³-hybridized carbons (Fsp3) is 0.188. The molecule has 102 valence electrons. The molecule has 0 aromatic heterocycles. The summed E-state index contributed by atoms with van der Waals surface area (Å²) >= 11 is 0. The van der Waals surface area contributed by atoms with E-state index >= 15 is 0 Å². The summed E-state index contributed by atoms with van der Waals surface area (Å²) in [4.78, 5) is 0. The SMILES string of the molecule is COC(=N)c1ccc(-c2ccc3c(c2)OCCO3)cc1. The third-order valence-electron chi connectivity index (χ3n) is 3.23. The van der Waals surface area contributed by atoms with Crippen molar-refractivity contribution in [3.05, 3.63) is 48.0 Å². The van der Waals surface area contributed by atoms with Gasteiger partial charge in [0, 0.05) is 5.56 Å². The Morgan fingerprint density at radius 2 is 1.60 bits per heavy atom. The molecular weight excluding hydrogens is 254 g/mol. The summed E-state index contributed by atoms with van der Waals surface area (Å²) in [5.74, 6) is 1.74. The van der Waals surface area contributed by atoms with Crippen LogP contribution in [0.1, 0.15) is 5.56 Å². The summed E-state index contributed by atoms with van der Waals surface area (Å²) in [6.07, 6.45) is 0. The van der Waals surface area contributed by atoms with Gasteiger partial charge in [-0.2, -0.15) is 0 Å². The summed E-state index contributed by atoms with van der Waals surface area (Å²) < 4.78 is 16.0. The lowest BCUT2D eigenvalue weighted by atomic mass is 10.0. The van der Waals surface area contributed by atoms with E-state index in [1.807, 2.05) is 42.5 Å². The maximum Gasteiger partial charge on any atom is 0.212 e. The van der Waals surface area contributed by atoms with E-state index in [4.69, 9.17) is 19.6 Å². The first-order chi connectivity index (χ1) is 9.78. The lowest BCUT2D eigenvalue weighted by Gasteiger charge is -2.19. The highest BCUT2D eigenvalue weighted by molar-refractivity contribution is 5.92. The number of hydrogen-bond donors (Lipinski definition) is 1. The second-order valence-electron chi connectivity index (χ2n) is 4.47. The van der Waals surface area contributed by atoms with E-state index in [-0.39, 0.29) is 5.90 Å². The van der Waals surface area contributed by atoms with Gasteiger partial charge in [-0.1, -0.05) is 18.2 Å². The average Bonchev–Trinajstić information content (AvgIpc) is 2.54. The molecule has 20 heavy (non-hydrogen) atoms. The number of rotatable bonds is 2. The molecule has 0 saturated carbocycles. The highest BCUT2D eigenvalue weighted by Crippen LogP contribution is 2.34. The van der Waals surface area contributed by atoms with Crippen molar-refractivity contribution in [2.75, 3.05) is 20.3 Å². The smallest absolute Gasteiger partial charge is 0.212 e. The Kier molecular flexibility index (Phi) is 3.29. The quantitative estimate of drug-likeness (QED) is 0.673. The Morgan fingerprint density at radius 3 is 2.30 bits per heavy atom. The van der Waals surface area contributed by atoms with Gasteiger partial charge in [-0.3, -0.25) is 5.41 Å². The van der Waals surface area contributed by atoms with Crippen LogP contribution in [0.25, 0.3) is 11.1 Å². The van der Waals surface area contributed by atoms with Crippen LogP contribution < -0.4 is 9.47 Å². The van der Waals surface area contributed by atoms with E-state index in [0.29, 0.717) is 13.2 Å². The molecule has 4 nitrogen and oxygen atoms in total. The molecular formula is C16H15NO3. The molecule has 0 saturated heterocycles. The Labute approximate surface area is 117 Å². The second kappa shape index (κ2) is 5.25. The summed E-state index contributed by atoms with van der Waals surface area (Å²) in [6, 6.07) is 13.6. The van der Waals surface area contributed by atoms with Gasteiger partial charge in [0.2, 0.25) is 5.90 Å². The molecule has 4 heteroatoms. The third-order valence-corrected chi connectivity index (χ3v) is 3.23. The summed E-state index contributed by atoms with van der Waals surface area (Å²) in [7, 11) is 1.50. The normalized spacial score (nSPS) is 12.8. The number of methoxy groups -OCH3 is 1. The van der Waals surface area contributed by atoms with Crippen molar-refractivity contribution >= 4 is 5.90 Å². The van der Waals surface area contributed by atoms with E-state index in [9.17, 15) is 0 Å². The number of ether oxygens (including phenoxy) is 3. The van der Waals surface area contributed by atoms with Gasteiger partial charge in [-0.25, -0.2) is 0 Å². The van der Waals surface area contributed by atoms with Crippen LogP contribution in [0.4, 0.5) is 0 Å². The van der Waals surface area contributed by atoms with Crippen LogP contribution in [0.15, 0.2) is 42.5 Å². The zero-order valence-electron chi connectivity index (χ0n) is 11.2. The van der Waals surface area contributed by atoms with E-state index in [2.05, 4.69) is 0 Å². The molecule has 0 aliphatic carbocycles. The largest absolute Gasteiger partial charge is 0.486 e. The van der Waals surface area contributed by atoms with Crippen molar-refractivity contribution < 1.29 is 14.2 Å². The first kappa shape index (κ1) is 12.5. The van der Waals surface area contributed by atoms with Crippen LogP contribution in [0.3, 0.4) is 0 Å². The summed E-state index contributed by atoms with van der Waals surface area (Å²) in [6.45, 7) is 1.18. The maximum absolute atomic E-state index is 7.62. The minimum absolute atomic E-state index is 0.165. The zero-order chi connectivity index (χ0) is 13.9. The van der Waals surface area contributed by atoms with Crippen molar-refractivity contribution in [1.29, 1.82) is 5.41 Å². The average molecular weight is 269 g/mol. The molecule has 0 amide bonds. The van der Waals surface area contributed by atoms with Crippen LogP contribution in [0.5, 0.6) is 11.5 Å². The van der Waals surface area contributed by atoms with Gasteiger partial charge in [-0.05, 0) is 35.4 Å². The molecule has 0 bridgehead atoms. The molecule has 0 spiro atoms. The predicted molar refractivity (Wildman–Crippen MR) is 76.7 cm³/mol. The van der Waals surface area contributed by atoms with Gasteiger partial charge in [0.25, 0.3) is 0 Å². The lowest BCUT2D eigenvalue weighted by Crippen LogP contribution is -2.15. The van der Waals surface area contributed by atoms with Crippen LogP contribution >= 0.6 is 0 Å². The van der Waals surface area contributed by atoms with E-state index in [1.54, 1.807) is 0 Å². The lowest BCUT2D eigenvalue weighted by molar-refractivity contribution is 0.171. The van der Waals surface area contributed by atoms with E-state index in [1.165, 1.54) is 7.11 Å². The fourth-order valence-corrected chi connectivity index (χ4v) is 2.15. The standard InChI is InChI=1S/C16H15NO3/c1-18-16(17)12-4-2-11(3-5-12)13-6-7-14-15(10-13)20-9-8-19-14/h2-7,10,17H,8-9H2,1H3. The number of fused-ring (bicyclic) bond motifs is 1. The highest BCUT2D eigenvalue weighted by atomic mass is 16.6. The monoisotopic (exact) mass is 269 g/mol. The Hall–Kier alpha value is -2.49. The minimum atomic E-state index is 0.165. The molecule has 2 aromatic rings. The number of benzene rings is 2. The highest BCUT2D eigenvalue weighted by Gasteiger charge is 2.12. The topological polar surface area (TPSA) is 51.5 Å². The van der Waals surface area contributed by atoms with Crippen molar-refractivity contribution in [2.45, 2.75) is 0 Å².